The lowest BCUT2D eigenvalue weighted by Gasteiger charge is -2.42. The first-order valence-corrected chi connectivity index (χ1v) is 10.6. The summed E-state index contributed by atoms with van der Waals surface area (Å²) in [6.45, 7) is 11.7. The number of aliphatic imine (C=N–C) groups is 1. The summed E-state index contributed by atoms with van der Waals surface area (Å²) in [5.41, 5.74) is 1.04. The van der Waals surface area contributed by atoms with E-state index in [-0.39, 0.29) is 17.7 Å². The van der Waals surface area contributed by atoms with Gasteiger partial charge in [0.2, 0.25) is 0 Å². The summed E-state index contributed by atoms with van der Waals surface area (Å²) in [5, 5.41) is 14.0. The Balaban J connectivity index is 1.82. The molecule has 0 aliphatic carbocycles. The molecule has 2 fully saturated rings. The number of nitrogens with one attached hydrogen (secondary N) is 1. The summed E-state index contributed by atoms with van der Waals surface area (Å²) in [7, 11) is 0. The number of benzene rings is 1. The molecule has 6 nitrogen and oxygen atoms in total. The Bertz CT molecular complexity index is 665. The lowest BCUT2D eigenvalue weighted by molar-refractivity contribution is -0.0967. The van der Waals surface area contributed by atoms with E-state index in [0.717, 1.165) is 50.2 Å². The van der Waals surface area contributed by atoms with Crippen molar-refractivity contribution in [2.24, 2.45) is 4.99 Å². The molecule has 2 aliphatic rings. The first-order valence-electron chi connectivity index (χ1n) is 10.2. The number of hydrogen-bond donors (Lipinski definition) is 2. The number of ether oxygens (including phenoxy) is 1. The standard InChI is InChI=1S/C21H33ClN4O2/c1-4-23-20(25-10-9-18(27)14-25)24-13-19(16-5-7-17(22)8-6-16)26-11-12-28-21(2,3)15-26/h5-8,18-19,27H,4,9-15H2,1-3H3,(H,23,24)/t18-,19?/m1/s1. The maximum absolute atomic E-state index is 9.90. The summed E-state index contributed by atoms with van der Waals surface area (Å²) in [5.74, 6) is 0.880. The van der Waals surface area contributed by atoms with Gasteiger partial charge in [0.25, 0.3) is 0 Å². The van der Waals surface area contributed by atoms with E-state index in [9.17, 15) is 5.11 Å². The molecule has 1 aromatic carbocycles. The second-order valence-electron chi connectivity index (χ2n) is 8.23. The minimum Gasteiger partial charge on any atom is -0.391 e. The van der Waals surface area contributed by atoms with Crippen LogP contribution in [0.25, 0.3) is 0 Å². The third-order valence-corrected chi connectivity index (χ3v) is 5.61. The largest absolute Gasteiger partial charge is 0.391 e. The van der Waals surface area contributed by atoms with E-state index in [4.69, 9.17) is 21.3 Å². The molecule has 28 heavy (non-hydrogen) atoms. The van der Waals surface area contributed by atoms with Crippen molar-refractivity contribution >= 4 is 17.6 Å². The summed E-state index contributed by atoms with van der Waals surface area (Å²) in [6.07, 6.45) is 0.527. The van der Waals surface area contributed by atoms with Crippen molar-refractivity contribution in [1.29, 1.82) is 0 Å². The third kappa shape index (κ3) is 5.60. The molecule has 1 unspecified atom stereocenters. The summed E-state index contributed by atoms with van der Waals surface area (Å²) >= 11 is 6.11. The number of nitrogens with zero attached hydrogens (tertiary/aromatic N) is 3. The van der Waals surface area contributed by atoms with Gasteiger partial charge >= 0.3 is 0 Å². The van der Waals surface area contributed by atoms with Crippen LogP contribution in [0.4, 0.5) is 0 Å². The lowest BCUT2D eigenvalue weighted by atomic mass is 10.0. The molecule has 0 bridgehead atoms. The fraction of sp³-hybridized carbons (Fsp3) is 0.667. The van der Waals surface area contributed by atoms with Gasteiger partial charge in [-0.15, -0.1) is 0 Å². The van der Waals surface area contributed by atoms with Crippen molar-refractivity contribution in [2.45, 2.75) is 44.9 Å². The fourth-order valence-electron chi connectivity index (χ4n) is 3.97. The van der Waals surface area contributed by atoms with Crippen LogP contribution in [0.5, 0.6) is 0 Å². The quantitative estimate of drug-likeness (QED) is 0.579. The SMILES string of the molecule is CCNC(=NCC(c1ccc(Cl)cc1)N1CCOC(C)(C)C1)N1CC[C@@H](O)C1. The highest BCUT2D eigenvalue weighted by atomic mass is 35.5. The lowest BCUT2D eigenvalue weighted by Crippen LogP contribution is -2.50. The van der Waals surface area contributed by atoms with Crippen LogP contribution in [0.15, 0.2) is 29.3 Å². The van der Waals surface area contributed by atoms with E-state index in [1.165, 1.54) is 5.56 Å². The predicted molar refractivity (Wildman–Crippen MR) is 114 cm³/mol. The number of hydrogen-bond acceptors (Lipinski definition) is 4. The molecule has 0 aromatic heterocycles. The second-order valence-corrected chi connectivity index (χ2v) is 8.67. The van der Waals surface area contributed by atoms with Crippen molar-refractivity contribution in [3.05, 3.63) is 34.9 Å². The predicted octanol–water partition coefficient (Wildman–Crippen LogP) is 2.52. The molecule has 3 rings (SSSR count). The molecular weight excluding hydrogens is 376 g/mol. The molecule has 0 spiro atoms. The normalized spacial score (nSPS) is 24.4. The van der Waals surface area contributed by atoms with Gasteiger partial charge in [0.1, 0.15) is 0 Å². The highest BCUT2D eigenvalue weighted by Crippen LogP contribution is 2.28. The maximum Gasteiger partial charge on any atom is 0.194 e. The molecule has 156 valence electrons. The maximum atomic E-state index is 9.90. The molecule has 2 aliphatic heterocycles. The van der Waals surface area contributed by atoms with E-state index in [0.29, 0.717) is 13.1 Å². The van der Waals surface area contributed by atoms with E-state index in [2.05, 4.69) is 48.0 Å². The Kier molecular flexibility index (Phi) is 7.20. The first kappa shape index (κ1) is 21.4. The van der Waals surface area contributed by atoms with Gasteiger partial charge in [0, 0.05) is 37.7 Å². The van der Waals surface area contributed by atoms with Crippen LogP contribution in [-0.2, 0) is 4.74 Å². The molecule has 2 saturated heterocycles. The Morgan fingerprint density at radius 1 is 1.36 bits per heavy atom. The Morgan fingerprint density at radius 2 is 2.11 bits per heavy atom. The van der Waals surface area contributed by atoms with E-state index in [1.54, 1.807) is 0 Å². The van der Waals surface area contributed by atoms with Gasteiger partial charge in [-0.05, 0) is 44.9 Å². The summed E-state index contributed by atoms with van der Waals surface area (Å²) < 4.78 is 5.91. The minimum atomic E-state index is -0.268. The first-order chi connectivity index (χ1) is 13.4. The van der Waals surface area contributed by atoms with E-state index in [1.807, 2.05) is 12.1 Å². The molecule has 7 heteroatoms. The number of likely N-dealkylation sites (tertiary alicyclic amines) is 1. The number of guanidine groups is 1. The van der Waals surface area contributed by atoms with Gasteiger partial charge in [0.05, 0.1) is 30.9 Å². The molecule has 0 amide bonds. The smallest absolute Gasteiger partial charge is 0.194 e. The van der Waals surface area contributed by atoms with Crippen molar-refractivity contribution in [1.82, 2.24) is 15.1 Å². The fourth-order valence-corrected chi connectivity index (χ4v) is 4.09. The summed E-state index contributed by atoms with van der Waals surface area (Å²) in [4.78, 5) is 9.56. The Morgan fingerprint density at radius 3 is 2.71 bits per heavy atom. The van der Waals surface area contributed by atoms with Crippen molar-refractivity contribution in [3.8, 4) is 0 Å². The average Bonchev–Trinajstić information content (AvgIpc) is 3.08. The average molecular weight is 409 g/mol. The van der Waals surface area contributed by atoms with Crippen LogP contribution >= 0.6 is 11.6 Å². The number of halogens is 1. The van der Waals surface area contributed by atoms with Gasteiger partial charge in [0.15, 0.2) is 5.96 Å². The molecular formula is C21H33ClN4O2. The molecule has 1 aromatic rings. The van der Waals surface area contributed by atoms with Crippen LogP contribution in [0, 0.1) is 0 Å². The number of aliphatic hydroxyl groups excluding tert-OH is 1. The monoisotopic (exact) mass is 408 g/mol. The number of aliphatic hydroxyl groups is 1. The molecule has 2 atom stereocenters. The van der Waals surface area contributed by atoms with Gasteiger partial charge in [-0.25, -0.2) is 0 Å². The van der Waals surface area contributed by atoms with Crippen LogP contribution in [0.1, 0.15) is 38.8 Å². The highest BCUT2D eigenvalue weighted by molar-refractivity contribution is 6.30. The Labute approximate surface area is 173 Å². The number of β-amino-alcohol motifs (C(OH)–C–C–N with tert-alkyl or cyclic N) is 1. The minimum absolute atomic E-state index is 0.154. The zero-order valence-corrected chi connectivity index (χ0v) is 18.0. The van der Waals surface area contributed by atoms with E-state index >= 15 is 0 Å². The second kappa shape index (κ2) is 9.44. The Hall–Kier alpha value is -1.34. The van der Waals surface area contributed by atoms with Gasteiger partial charge in [-0.2, -0.15) is 0 Å². The highest BCUT2D eigenvalue weighted by Gasteiger charge is 2.32. The van der Waals surface area contributed by atoms with Crippen LogP contribution in [-0.4, -0.2) is 78.4 Å². The topological polar surface area (TPSA) is 60.3 Å². The molecule has 0 saturated carbocycles. The van der Waals surface area contributed by atoms with Crippen LogP contribution < -0.4 is 5.32 Å². The zero-order valence-electron chi connectivity index (χ0n) is 17.2. The van der Waals surface area contributed by atoms with Crippen LogP contribution in [0.2, 0.25) is 5.02 Å². The molecule has 0 radical (unpaired) electrons. The number of rotatable bonds is 5. The summed E-state index contributed by atoms with van der Waals surface area (Å²) in [6, 6.07) is 8.24. The van der Waals surface area contributed by atoms with E-state index < -0.39 is 0 Å². The van der Waals surface area contributed by atoms with Gasteiger partial charge < -0.3 is 20.1 Å². The van der Waals surface area contributed by atoms with Crippen molar-refractivity contribution < 1.29 is 9.84 Å². The number of morpholine rings is 1. The molecule has 2 N–H and O–H groups in total. The van der Waals surface area contributed by atoms with Crippen molar-refractivity contribution in [2.75, 3.05) is 45.9 Å². The zero-order chi connectivity index (χ0) is 20.1. The van der Waals surface area contributed by atoms with Gasteiger partial charge in [-0.3, -0.25) is 9.89 Å². The van der Waals surface area contributed by atoms with Crippen LogP contribution in [0.3, 0.4) is 0 Å². The third-order valence-electron chi connectivity index (χ3n) is 5.36. The molecule has 2 heterocycles. The van der Waals surface area contributed by atoms with Crippen molar-refractivity contribution in [3.63, 3.8) is 0 Å². The van der Waals surface area contributed by atoms with Gasteiger partial charge in [-0.1, -0.05) is 23.7 Å².